The highest BCUT2D eigenvalue weighted by Gasteiger charge is 2.27. The molecule has 0 saturated carbocycles. The van der Waals surface area contributed by atoms with Gasteiger partial charge in [-0.1, -0.05) is 38.1 Å². The summed E-state index contributed by atoms with van der Waals surface area (Å²) in [6, 6.07) is 9.82. The molecule has 3 heterocycles. The minimum Gasteiger partial charge on any atom is -0.473 e. The van der Waals surface area contributed by atoms with Gasteiger partial charge in [-0.2, -0.15) is 17.8 Å². The van der Waals surface area contributed by atoms with Crippen LogP contribution in [0.4, 0.5) is 0 Å². The van der Waals surface area contributed by atoms with E-state index in [2.05, 4.69) is 23.8 Å². The molecule has 0 bridgehead atoms. The van der Waals surface area contributed by atoms with Crippen LogP contribution in [0.3, 0.4) is 0 Å². The molecule has 3 aromatic rings. The third-order valence-electron chi connectivity index (χ3n) is 6.05. The number of pyridine rings is 1. The second kappa shape index (κ2) is 11.2. The fourth-order valence-electron chi connectivity index (χ4n) is 4.27. The van der Waals surface area contributed by atoms with Crippen LogP contribution in [0.2, 0.25) is 0 Å². The minimum atomic E-state index is -3.30. The van der Waals surface area contributed by atoms with Gasteiger partial charge in [-0.15, -0.1) is 0 Å². The average Bonchev–Trinajstić information content (AvgIpc) is 2.81. The second-order valence-electron chi connectivity index (χ2n) is 9.50. The van der Waals surface area contributed by atoms with Crippen molar-refractivity contribution in [3.63, 3.8) is 0 Å². The highest BCUT2D eigenvalue weighted by Crippen LogP contribution is 2.31. The molecule has 0 amide bonds. The van der Waals surface area contributed by atoms with Gasteiger partial charge in [0.25, 0.3) is 0 Å². The molecule has 1 aliphatic heterocycles. The molecule has 194 valence electrons. The lowest BCUT2D eigenvalue weighted by molar-refractivity contribution is -0.118. The van der Waals surface area contributed by atoms with Gasteiger partial charge < -0.3 is 9.47 Å². The quantitative estimate of drug-likeness (QED) is 0.435. The van der Waals surface area contributed by atoms with Gasteiger partial charge in [0, 0.05) is 37.5 Å². The number of ether oxygens (including phenoxy) is 2. The zero-order valence-electron chi connectivity index (χ0n) is 20.9. The van der Waals surface area contributed by atoms with Gasteiger partial charge in [-0.25, -0.2) is 18.4 Å². The summed E-state index contributed by atoms with van der Waals surface area (Å²) in [7, 11) is -3.30. The van der Waals surface area contributed by atoms with Gasteiger partial charge in [-0.3, -0.25) is 9.78 Å². The zero-order chi connectivity index (χ0) is 25.2. The van der Waals surface area contributed by atoms with E-state index in [1.807, 2.05) is 30.3 Å². The molecule has 0 unspecified atom stereocenters. The number of morpholine rings is 1. The molecule has 36 heavy (non-hydrogen) atoms. The first kappa shape index (κ1) is 28.0. The van der Waals surface area contributed by atoms with Crippen molar-refractivity contribution in [1.29, 1.82) is 0 Å². The first-order valence-corrected chi connectivity index (χ1v) is 13.3. The summed E-state index contributed by atoms with van der Waals surface area (Å²) in [6.45, 7) is 6.70. The molecule has 0 N–H and O–H groups in total. The van der Waals surface area contributed by atoms with Crippen LogP contribution in [-0.2, 0) is 25.0 Å². The Balaban J connectivity index is 0.00000361. The number of Topliss-reactive ketones (excluding diaryl/α,β-unsaturated/α-hetero) is 1. The Bertz CT molecular complexity index is 1330. The standard InChI is InChI=1S/C25H30N4O5S.H2S/c1-17(30)14-25(2,3)19-7-5-18(6-8-19)21-13-22-23(27-10-9-26-22)24(28-21)34-16-20-15-29(11-12-33-20)35(4,31)32;/h5-10,13,20H,11-12,14-16H2,1-4H3;1H2/t20-;/m0./s1. The molecule has 11 heteroatoms. The maximum Gasteiger partial charge on any atom is 0.242 e. The summed E-state index contributed by atoms with van der Waals surface area (Å²) < 4.78 is 36.9. The maximum absolute atomic E-state index is 11.9. The molecule has 0 aliphatic carbocycles. The van der Waals surface area contributed by atoms with Gasteiger partial charge in [0.2, 0.25) is 15.9 Å². The van der Waals surface area contributed by atoms with E-state index >= 15 is 0 Å². The number of rotatable bonds is 8. The Morgan fingerprint density at radius 3 is 2.56 bits per heavy atom. The van der Waals surface area contributed by atoms with Crippen molar-refractivity contribution in [2.75, 3.05) is 32.6 Å². The first-order chi connectivity index (χ1) is 16.5. The summed E-state index contributed by atoms with van der Waals surface area (Å²) in [5, 5.41) is 0. The number of sulfonamides is 1. The first-order valence-electron chi connectivity index (χ1n) is 11.4. The summed E-state index contributed by atoms with van der Waals surface area (Å²) in [4.78, 5) is 25.1. The van der Waals surface area contributed by atoms with E-state index in [0.29, 0.717) is 42.2 Å². The predicted molar refractivity (Wildman–Crippen MR) is 143 cm³/mol. The topological polar surface area (TPSA) is 112 Å². The fourth-order valence-corrected chi connectivity index (χ4v) is 5.12. The smallest absolute Gasteiger partial charge is 0.242 e. The van der Waals surface area contributed by atoms with Gasteiger partial charge in [0.05, 0.1) is 24.1 Å². The molecule has 0 spiro atoms. The molecule has 1 fully saturated rings. The van der Waals surface area contributed by atoms with Crippen LogP contribution in [0.15, 0.2) is 42.7 Å². The lowest BCUT2D eigenvalue weighted by Crippen LogP contribution is -2.47. The Morgan fingerprint density at radius 1 is 1.19 bits per heavy atom. The number of hydrogen-bond donors (Lipinski definition) is 0. The van der Waals surface area contributed by atoms with E-state index in [1.165, 1.54) is 10.6 Å². The van der Waals surface area contributed by atoms with E-state index in [0.717, 1.165) is 11.1 Å². The van der Waals surface area contributed by atoms with Crippen LogP contribution in [0.1, 0.15) is 32.8 Å². The zero-order valence-corrected chi connectivity index (χ0v) is 22.7. The summed E-state index contributed by atoms with van der Waals surface area (Å²) >= 11 is 0. The van der Waals surface area contributed by atoms with Crippen LogP contribution >= 0.6 is 13.5 Å². The number of hydrogen-bond acceptors (Lipinski definition) is 8. The highest BCUT2D eigenvalue weighted by atomic mass is 32.2. The Morgan fingerprint density at radius 2 is 1.89 bits per heavy atom. The normalized spacial score (nSPS) is 16.9. The molecular weight excluding hydrogens is 500 g/mol. The molecule has 1 aliphatic rings. The summed E-state index contributed by atoms with van der Waals surface area (Å²) in [5.41, 5.74) is 3.51. The highest BCUT2D eigenvalue weighted by molar-refractivity contribution is 7.88. The Kier molecular flexibility index (Phi) is 8.71. The monoisotopic (exact) mass is 532 g/mol. The lowest BCUT2D eigenvalue weighted by atomic mass is 9.80. The van der Waals surface area contributed by atoms with Gasteiger partial charge >= 0.3 is 0 Å². The van der Waals surface area contributed by atoms with Crippen molar-refractivity contribution in [2.24, 2.45) is 0 Å². The Labute approximate surface area is 218 Å². The van der Waals surface area contributed by atoms with Gasteiger partial charge in [-0.05, 0) is 24.0 Å². The van der Waals surface area contributed by atoms with E-state index in [-0.39, 0.29) is 37.8 Å². The number of carbonyl (C=O) groups is 1. The summed E-state index contributed by atoms with van der Waals surface area (Å²) in [6.07, 6.45) is 4.42. The predicted octanol–water partition coefficient (Wildman–Crippen LogP) is 3.10. The van der Waals surface area contributed by atoms with Crippen molar-refractivity contribution in [2.45, 2.75) is 38.7 Å². The van der Waals surface area contributed by atoms with Gasteiger partial charge in [0.1, 0.15) is 18.5 Å². The lowest BCUT2D eigenvalue weighted by Gasteiger charge is -2.30. The molecule has 1 saturated heterocycles. The summed E-state index contributed by atoms with van der Waals surface area (Å²) in [5.74, 6) is 0.462. The average molecular weight is 533 g/mol. The number of ketones is 1. The maximum atomic E-state index is 11.9. The minimum absolute atomic E-state index is 0. The fraction of sp³-hybridized carbons (Fsp3) is 0.440. The van der Waals surface area contributed by atoms with Crippen LogP contribution < -0.4 is 4.74 Å². The number of benzene rings is 1. The Hall–Kier alpha value is -2.60. The third kappa shape index (κ3) is 6.58. The molecule has 4 rings (SSSR count). The van der Waals surface area contributed by atoms with Crippen LogP contribution in [0.5, 0.6) is 5.88 Å². The van der Waals surface area contributed by atoms with Crippen molar-refractivity contribution >= 4 is 40.3 Å². The van der Waals surface area contributed by atoms with Crippen molar-refractivity contribution < 1.29 is 22.7 Å². The van der Waals surface area contributed by atoms with Crippen molar-refractivity contribution in [3.8, 4) is 17.1 Å². The van der Waals surface area contributed by atoms with E-state index < -0.39 is 16.1 Å². The molecular formula is C25H32N4O5S2. The van der Waals surface area contributed by atoms with Crippen molar-refractivity contribution in [3.05, 3.63) is 48.3 Å². The SMILES string of the molecule is CC(=O)CC(C)(C)c1ccc(-c2cc3nccnc3c(OC[C@@H]3CN(S(C)(=O)=O)CCO3)n2)cc1.S. The second-order valence-corrected chi connectivity index (χ2v) is 11.5. The molecule has 0 radical (unpaired) electrons. The molecule has 1 aromatic carbocycles. The van der Waals surface area contributed by atoms with Crippen LogP contribution in [0, 0.1) is 0 Å². The van der Waals surface area contributed by atoms with E-state index in [1.54, 1.807) is 19.3 Å². The number of carbonyl (C=O) groups excluding carboxylic acids is 1. The number of fused-ring (bicyclic) bond motifs is 1. The van der Waals surface area contributed by atoms with Crippen LogP contribution in [-0.4, -0.2) is 72.1 Å². The third-order valence-corrected chi connectivity index (χ3v) is 7.32. The number of aromatic nitrogens is 3. The molecule has 1 atom stereocenters. The largest absolute Gasteiger partial charge is 0.473 e. The van der Waals surface area contributed by atoms with Crippen molar-refractivity contribution in [1.82, 2.24) is 19.3 Å². The van der Waals surface area contributed by atoms with Gasteiger partial charge in [0.15, 0.2) is 5.52 Å². The van der Waals surface area contributed by atoms with E-state index in [4.69, 9.17) is 14.5 Å². The van der Waals surface area contributed by atoms with Crippen LogP contribution in [0.25, 0.3) is 22.3 Å². The molecule has 9 nitrogen and oxygen atoms in total. The molecule has 2 aromatic heterocycles. The van der Waals surface area contributed by atoms with E-state index in [9.17, 15) is 13.2 Å². The number of nitrogens with zero attached hydrogens (tertiary/aromatic N) is 4.